The molecule has 0 N–H and O–H groups in total. The van der Waals surface area contributed by atoms with Crippen LogP contribution in [0.25, 0.3) is 0 Å². The van der Waals surface area contributed by atoms with E-state index in [1.807, 2.05) is 25.7 Å². The monoisotopic (exact) mass is 228 g/mol. The predicted molar refractivity (Wildman–Crippen MR) is 69.5 cm³/mol. The molecule has 16 heavy (non-hydrogen) atoms. The molecule has 0 aromatic heterocycles. The van der Waals surface area contributed by atoms with Crippen LogP contribution >= 0.6 is 0 Å². The van der Waals surface area contributed by atoms with Gasteiger partial charge in [0, 0.05) is 39.1 Å². The van der Waals surface area contributed by atoms with Crippen LogP contribution in [0.3, 0.4) is 0 Å². The number of hydrogen-bond acceptors (Lipinski definition) is 2. The normalized spacial score (nSPS) is 17.0. The van der Waals surface area contributed by atoms with Crippen LogP contribution in [0.1, 0.15) is 41.0 Å². The zero-order valence-electron chi connectivity index (χ0n) is 11.6. The average molecular weight is 228 g/mol. The molecular formula is C13H28N2O. The van der Waals surface area contributed by atoms with Gasteiger partial charge in [0.2, 0.25) is 5.91 Å². The highest BCUT2D eigenvalue weighted by molar-refractivity contribution is 5.75. The summed E-state index contributed by atoms with van der Waals surface area (Å²) < 4.78 is 0. The molecule has 0 radical (unpaired) electrons. The molecule has 0 unspecified atom stereocenters. The Morgan fingerprint density at radius 1 is 1.12 bits per heavy atom. The molecular weight excluding hydrogens is 200 g/mol. The summed E-state index contributed by atoms with van der Waals surface area (Å²) in [5, 5.41) is 0. The molecule has 1 aliphatic heterocycles. The fourth-order valence-corrected chi connectivity index (χ4v) is 1.92. The Hall–Kier alpha value is -0.570. The number of carbonyl (C=O) groups excluding carboxylic acids is 1. The Morgan fingerprint density at radius 3 is 2.00 bits per heavy atom. The van der Waals surface area contributed by atoms with E-state index in [2.05, 4.69) is 18.7 Å². The van der Waals surface area contributed by atoms with Crippen molar-refractivity contribution in [3.05, 3.63) is 0 Å². The summed E-state index contributed by atoms with van der Waals surface area (Å²) in [7, 11) is 0. The van der Waals surface area contributed by atoms with E-state index in [0.29, 0.717) is 12.3 Å². The molecule has 1 fully saturated rings. The van der Waals surface area contributed by atoms with Crippen LogP contribution in [0.5, 0.6) is 0 Å². The molecule has 3 nitrogen and oxygen atoms in total. The van der Waals surface area contributed by atoms with Gasteiger partial charge in [0.25, 0.3) is 0 Å². The minimum atomic E-state index is 0.300. The summed E-state index contributed by atoms with van der Waals surface area (Å²) in [5.74, 6) is 1.03. The van der Waals surface area contributed by atoms with E-state index in [4.69, 9.17) is 0 Å². The first-order valence-corrected chi connectivity index (χ1v) is 6.63. The lowest BCUT2D eigenvalue weighted by atomic mass is 10.2. The quantitative estimate of drug-likeness (QED) is 0.739. The van der Waals surface area contributed by atoms with E-state index < -0.39 is 0 Å². The Balaban J connectivity index is 0.00000106. The number of rotatable bonds is 3. The fourth-order valence-electron chi connectivity index (χ4n) is 1.92. The molecule has 1 heterocycles. The smallest absolute Gasteiger partial charge is 0.222 e. The van der Waals surface area contributed by atoms with Gasteiger partial charge in [-0.05, 0) is 5.92 Å². The lowest BCUT2D eigenvalue weighted by Crippen LogP contribution is -2.49. The fraction of sp³-hybridized carbons (Fsp3) is 0.923. The van der Waals surface area contributed by atoms with Crippen LogP contribution in [-0.2, 0) is 4.79 Å². The molecule has 1 amide bonds. The van der Waals surface area contributed by atoms with Crippen LogP contribution in [0, 0.1) is 5.92 Å². The zero-order chi connectivity index (χ0) is 12.6. The highest BCUT2D eigenvalue weighted by Gasteiger charge is 2.19. The SMILES string of the molecule is CC.CCC(=O)N1CCN(CC(C)C)CC1. The molecule has 0 spiro atoms. The van der Waals surface area contributed by atoms with E-state index in [1.165, 1.54) is 0 Å². The molecule has 0 atom stereocenters. The van der Waals surface area contributed by atoms with Crippen LogP contribution in [-0.4, -0.2) is 48.4 Å². The topological polar surface area (TPSA) is 23.6 Å². The van der Waals surface area contributed by atoms with Gasteiger partial charge in [0.05, 0.1) is 0 Å². The maximum atomic E-state index is 11.4. The van der Waals surface area contributed by atoms with Crippen molar-refractivity contribution in [1.29, 1.82) is 0 Å². The first-order valence-electron chi connectivity index (χ1n) is 6.63. The van der Waals surface area contributed by atoms with Gasteiger partial charge in [0.1, 0.15) is 0 Å². The summed E-state index contributed by atoms with van der Waals surface area (Å²) in [6.07, 6.45) is 0.643. The molecule has 1 aliphatic rings. The Kier molecular flexibility index (Phi) is 8.26. The van der Waals surface area contributed by atoms with E-state index in [9.17, 15) is 4.79 Å². The number of nitrogens with zero attached hydrogens (tertiary/aromatic N) is 2. The molecule has 1 saturated heterocycles. The Labute approximate surface area is 101 Å². The second-order valence-electron chi connectivity index (χ2n) is 4.43. The van der Waals surface area contributed by atoms with E-state index in [0.717, 1.165) is 38.6 Å². The summed E-state index contributed by atoms with van der Waals surface area (Å²) in [6, 6.07) is 0. The van der Waals surface area contributed by atoms with Gasteiger partial charge < -0.3 is 4.90 Å². The Bertz CT molecular complexity index is 184. The highest BCUT2D eigenvalue weighted by atomic mass is 16.2. The van der Waals surface area contributed by atoms with E-state index >= 15 is 0 Å². The second-order valence-corrected chi connectivity index (χ2v) is 4.43. The predicted octanol–water partition coefficient (Wildman–Crippen LogP) is 2.22. The molecule has 0 saturated carbocycles. The van der Waals surface area contributed by atoms with Crippen molar-refractivity contribution in [2.45, 2.75) is 41.0 Å². The summed E-state index contributed by atoms with van der Waals surface area (Å²) in [5.41, 5.74) is 0. The third-order valence-corrected chi connectivity index (χ3v) is 2.65. The standard InChI is InChI=1S/C11H22N2O.C2H6/c1-4-11(14)13-7-5-12(6-8-13)9-10(2)3;1-2/h10H,4-9H2,1-3H3;1-2H3. The van der Waals surface area contributed by atoms with Gasteiger partial charge in [-0.25, -0.2) is 0 Å². The van der Waals surface area contributed by atoms with Crippen molar-refractivity contribution in [3.63, 3.8) is 0 Å². The molecule has 0 aliphatic carbocycles. The van der Waals surface area contributed by atoms with E-state index in [1.54, 1.807) is 0 Å². The lowest BCUT2D eigenvalue weighted by molar-refractivity contribution is -0.132. The number of carbonyl (C=O) groups is 1. The van der Waals surface area contributed by atoms with Gasteiger partial charge in [-0.3, -0.25) is 9.69 Å². The number of hydrogen-bond donors (Lipinski definition) is 0. The summed E-state index contributed by atoms with van der Waals surface area (Å²) in [6.45, 7) is 15.5. The Morgan fingerprint density at radius 2 is 1.62 bits per heavy atom. The minimum Gasteiger partial charge on any atom is -0.340 e. The first-order chi connectivity index (χ1) is 7.63. The maximum Gasteiger partial charge on any atom is 0.222 e. The third kappa shape index (κ3) is 5.50. The largest absolute Gasteiger partial charge is 0.340 e. The van der Waals surface area contributed by atoms with Gasteiger partial charge in [-0.15, -0.1) is 0 Å². The first kappa shape index (κ1) is 15.4. The van der Waals surface area contributed by atoms with E-state index in [-0.39, 0.29) is 0 Å². The van der Waals surface area contributed by atoms with Crippen molar-refractivity contribution >= 4 is 5.91 Å². The highest BCUT2D eigenvalue weighted by Crippen LogP contribution is 2.06. The van der Waals surface area contributed by atoms with Crippen molar-refractivity contribution < 1.29 is 4.79 Å². The summed E-state index contributed by atoms with van der Waals surface area (Å²) >= 11 is 0. The molecule has 3 heteroatoms. The molecule has 0 bridgehead atoms. The number of amides is 1. The van der Waals surface area contributed by atoms with Gasteiger partial charge in [-0.2, -0.15) is 0 Å². The van der Waals surface area contributed by atoms with Crippen LogP contribution in [0.15, 0.2) is 0 Å². The third-order valence-electron chi connectivity index (χ3n) is 2.65. The van der Waals surface area contributed by atoms with Crippen LogP contribution in [0.2, 0.25) is 0 Å². The van der Waals surface area contributed by atoms with Gasteiger partial charge >= 0.3 is 0 Å². The molecule has 0 aromatic carbocycles. The maximum absolute atomic E-state index is 11.4. The average Bonchev–Trinajstić information content (AvgIpc) is 2.31. The molecule has 96 valence electrons. The van der Waals surface area contributed by atoms with Crippen molar-refractivity contribution in [1.82, 2.24) is 9.80 Å². The minimum absolute atomic E-state index is 0.300. The van der Waals surface area contributed by atoms with Crippen molar-refractivity contribution in [2.24, 2.45) is 5.92 Å². The molecule has 0 aromatic rings. The zero-order valence-corrected chi connectivity index (χ0v) is 11.6. The lowest BCUT2D eigenvalue weighted by Gasteiger charge is -2.35. The van der Waals surface area contributed by atoms with Gasteiger partial charge in [-0.1, -0.05) is 34.6 Å². The second kappa shape index (κ2) is 8.57. The van der Waals surface area contributed by atoms with Crippen molar-refractivity contribution in [3.8, 4) is 0 Å². The number of piperazine rings is 1. The van der Waals surface area contributed by atoms with Crippen LogP contribution in [0.4, 0.5) is 0 Å². The van der Waals surface area contributed by atoms with Gasteiger partial charge in [0.15, 0.2) is 0 Å². The molecule has 1 rings (SSSR count). The summed E-state index contributed by atoms with van der Waals surface area (Å²) in [4.78, 5) is 15.8. The van der Waals surface area contributed by atoms with Crippen molar-refractivity contribution in [2.75, 3.05) is 32.7 Å². The van der Waals surface area contributed by atoms with Crippen LogP contribution < -0.4 is 0 Å².